The van der Waals surface area contributed by atoms with Crippen LogP contribution in [0.3, 0.4) is 0 Å². The molecule has 0 saturated heterocycles. The summed E-state index contributed by atoms with van der Waals surface area (Å²) in [5.41, 5.74) is 6.43. The topological polar surface area (TPSA) is 98.1 Å². The Labute approximate surface area is 128 Å². The molecule has 2 rings (SSSR count). The Morgan fingerprint density at radius 3 is 2.64 bits per heavy atom. The molecule has 0 spiro atoms. The number of imidazole rings is 1. The van der Waals surface area contributed by atoms with Gasteiger partial charge in [0, 0.05) is 6.20 Å². The molecule has 1 amide bonds. The molecule has 1 unspecified atom stereocenters. The highest BCUT2D eigenvalue weighted by molar-refractivity contribution is 5.90. The highest BCUT2D eigenvalue weighted by Crippen LogP contribution is 2.21. The molecule has 0 bridgehead atoms. The van der Waals surface area contributed by atoms with Crippen molar-refractivity contribution in [2.24, 2.45) is 5.73 Å². The van der Waals surface area contributed by atoms with E-state index in [1.54, 1.807) is 6.92 Å². The summed E-state index contributed by atoms with van der Waals surface area (Å²) in [5, 5.41) is 0. The average Bonchev–Trinajstić information content (AvgIpc) is 2.99. The highest BCUT2D eigenvalue weighted by atomic mass is 16.5. The van der Waals surface area contributed by atoms with Crippen molar-refractivity contribution in [1.82, 2.24) is 9.97 Å². The molecule has 1 aromatic carbocycles. The van der Waals surface area contributed by atoms with E-state index in [9.17, 15) is 9.59 Å². The molecule has 0 aliphatic heterocycles. The van der Waals surface area contributed by atoms with Crippen LogP contribution in [0.4, 0.5) is 0 Å². The standard InChI is InChI=1S/C16H19N3O3/c1-2-22-16(21)12(9-8-11-6-4-3-5-7-11)15-18-10-13(19-15)14(17)20/h3-7,10,12H,2,8-9H2,1H3,(H2,17,20)(H,18,19). The van der Waals surface area contributed by atoms with Gasteiger partial charge in [-0.2, -0.15) is 0 Å². The second-order valence-corrected chi connectivity index (χ2v) is 4.86. The second kappa shape index (κ2) is 7.40. The van der Waals surface area contributed by atoms with Crippen molar-refractivity contribution in [1.29, 1.82) is 0 Å². The number of carbonyl (C=O) groups is 2. The fraction of sp³-hybridized carbons (Fsp3) is 0.312. The zero-order chi connectivity index (χ0) is 15.9. The van der Waals surface area contributed by atoms with E-state index in [1.807, 2.05) is 30.3 Å². The highest BCUT2D eigenvalue weighted by Gasteiger charge is 2.25. The van der Waals surface area contributed by atoms with Gasteiger partial charge in [0.2, 0.25) is 0 Å². The number of hydrogen-bond acceptors (Lipinski definition) is 4. The smallest absolute Gasteiger partial charge is 0.316 e. The number of H-pyrrole nitrogens is 1. The lowest BCUT2D eigenvalue weighted by Gasteiger charge is -2.13. The summed E-state index contributed by atoms with van der Waals surface area (Å²) in [5.74, 6) is -1.13. The van der Waals surface area contributed by atoms with Gasteiger partial charge in [-0.05, 0) is 25.3 Å². The summed E-state index contributed by atoms with van der Waals surface area (Å²) >= 11 is 0. The maximum absolute atomic E-state index is 12.1. The fourth-order valence-corrected chi connectivity index (χ4v) is 2.21. The Hall–Kier alpha value is -2.63. The van der Waals surface area contributed by atoms with Crippen molar-refractivity contribution in [3.63, 3.8) is 0 Å². The van der Waals surface area contributed by atoms with E-state index in [4.69, 9.17) is 10.5 Å². The first-order valence-corrected chi connectivity index (χ1v) is 7.17. The third kappa shape index (κ3) is 3.94. The molecule has 1 heterocycles. The maximum atomic E-state index is 12.1. The van der Waals surface area contributed by atoms with Crippen molar-refractivity contribution >= 4 is 11.9 Å². The molecule has 0 aliphatic carbocycles. The van der Waals surface area contributed by atoms with Crippen LogP contribution in [0.25, 0.3) is 0 Å². The zero-order valence-corrected chi connectivity index (χ0v) is 12.4. The third-order valence-corrected chi connectivity index (χ3v) is 3.32. The molecule has 0 radical (unpaired) electrons. The minimum Gasteiger partial charge on any atom is -0.465 e. The van der Waals surface area contributed by atoms with Gasteiger partial charge in [-0.1, -0.05) is 30.3 Å². The van der Waals surface area contributed by atoms with Gasteiger partial charge in [0.05, 0.1) is 6.61 Å². The number of aromatic amines is 1. The predicted octanol–water partition coefficient (Wildman–Crippen LogP) is 1.79. The molecule has 1 aromatic heterocycles. The number of aromatic nitrogens is 2. The number of amides is 1. The van der Waals surface area contributed by atoms with Crippen molar-refractivity contribution < 1.29 is 14.3 Å². The number of ether oxygens (including phenoxy) is 1. The van der Waals surface area contributed by atoms with E-state index in [-0.39, 0.29) is 11.7 Å². The summed E-state index contributed by atoms with van der Waals surface area (Å²) in [6.45, 7) is 2.05. The van der Waals surface area contributed by atoms with Crippen LogP contribution < -0.4 is 5.73 Å². The van der Waals surface area contributed by atoms with E-state index >= 15 is 0 Å². The van der Waals surface area contributed by atoms with Gasteiger partial charge in [0.15, 0.2) is 0 Å². The largest absolute Gasteiger partial charge is 0.465 e. The first-order valence-electron chi connectivity index (χ1n) is 7.17. The van der Waals surface area contributed by atoms with E-state index in [2.05, 4.69) is 9.97 Å². The van der Waals surface area contributed by atoms with Gasteiger partial charge in [-0.25, -0.2) is 4.98 Å². The predicted molar refractivity (Wildman–Crippen MR) is 81.2 cm³/mol. The number of benzene rings is 1. The minimum atomic E-state index is -0.631. The van der Waals surface area contributed by atoms with Gasteiger partial charge in [-0.3, -0.25) is 9.59 Å². The molecule has 22 heavy (non-hydrogen) atoms. The van der Waals surface area contributed by atoms with Gasteiger partial charge < -0.3 is 15.5 Å². The number of carbonyl (C=O) groups excluding carboxylic acids is 2. The van der Waals surface area contributed by atoms with Crippen LogP contribution in [0.5, 0.6) is 0 Å². The van der Waals surface area contributed by atoms with E-state index in [0.717, 1.165) is 5.56 Å². The second-order valence-electron chi connectivity index (χ2n) is 4.86. The first-order chi connectivity index (χ1) is 10.6. The number of nitrogens with one attached hydrogen (secondary N) is 1. The monoisotopic (exact) mass is 301 g/mol. The zero-order valence-electron chi connectivity index (χ0n) is 12.4. The first kappa shape index (κ1) is 15.8. The number of nitrogens with zero attached hydrogens (tertiary/aromatic N) is 1. The number of hydrogen-bond donors (Lipinski definition) is 2. The molecule has 1 atom stereocenters. The molecular weight excluding hydrogens is 282 g/mol. The average molecular weight is 301 g/mol. The van der Waals surface area contributed by atoms with Crippen LogP contribution in [-0.4, -0.2) is 28.5 Å². The van der Waals surface area contributed by atoms with Crippen LogP contribution in [0.1, 0.15) is 41.1 Å². The molecule has 6 nitrogen and oxygen atoms in total. The van der Waals surface area contributed by atoms with E-state index in [0.29, 0.717) is 25.3 Å². The summed E-state index contributed by atoms with van der Waals surface area (Å²) in [7, 11) is 0. The van der Waals surface area contributed by atoms with Gasteiger partial charge in [0.1, 0.15) is 17.4 Å². The van der Waals surface area contributed by atoms with Crippen LogP contribution in [-0.2, 0) is 16.0 Å². The summed E-state index contributed by atoms with van der Waals surface area (Å²) < 4.78 is 5.10. The van der Waals surface area contributed by atoms with Crippen LogP contribution in [0.2, 0.25) is 0 Å². The van der Waals surface area contributed by atoms with Crippen molar-refractivity contribution in [3.05, 3.63) is 53.6 Å². The lowest BCUT2D eigenvalue weighted by Crippen LogP contribution is -2.19. The van der Waals surface area contributed by atoms with E-state index < -0.39 is 11.8 Å². The molecule has 6 heteroatoms. The summed E-state index contributed by atoms with van der Waals surface area (Å²) in [4.78, 5) is 30.2. The van der Waals surface area contributed by atoms with Gasteiger partial charge >= 0.3 is 5.97 Å². The van der Waals surface area contributed by atoms with Crippen LogP contribution in [0.15, 0.2) is 36.5 Å². The van der Waals surface area contributed by atoms with Crippen LogP contribution in [0, 0.1) is 0 Å². The Morgan fingerprint density at radius 1 is 1.32 bits per heavy atom. The third-order valence-electron chi connectivity index (χ3n) is 3.32. The number of primary amides is 1. The van der Waals surface area contributed by atoms with E-state index in [1.165, 1.54) is 6.20 Å². The van der Waals surface area contributed by atoms with Crippen LogP contribution >= 0.6 is 0 Å². The Balaban J connectivity index is 2.14. The van der Waals surface area contributed by atoms with Crippen molar-refractivity contribution in [2.75, 3.05) is 6.61 Å². The number of nitrogens with two attached hydrogens (primary N) is 1. The summed E-state index contributed by atoms with van der Waals surface area (Å²) in [6, 6.07) is 9.84. The Bertz CT molecular complexity index is 637. The molecule has 0 fully saturated rings. The van der Waals surface area contributed by atoms with Gasteiger partial charge in [0.25, 0.3) is 5.91 Å². The lowest BCUT2D eigenvalue weighted by molar-refractivity contribution is -0.145. The lowest BCUT2D eigenvalue weighted by atomic mass is 9.99. The van der Waals surface area contributed by atoms with Crippen molar-refractivity contribution in [2.45, 2.75) is 25.7 Å². The Morgan fingerprint density at radius 2 is 2.05 bits per heavy atom. The van der Waals surface area contributed by atoms with Crippen molar-refractivity contribution in [3.8, 4) is 0 Å². The number of rotatable bonds is 7. The molecule has 0 aliphatic rings. The minimum absolute atomic E-state index is 0.115. The molecule has 3 N–H and O–H groups in total. The molecule has 116 valence electrons. The molecular formula is C16H19N3O3. The van der Waals surface area contributed by atoms with Gasteiger partial charge in [-0.15, -0.1) is 0 Å². The maximum Gasteiger partial charge on any atom is 0.316 e. The summed E-state index contributed by atoms with van der Waals surface area (Å²) in [6.07, 6.45) is 2.65. The fourth-order valence-electron chi connectivity index (χ4n) is 2.21. The number of aryl methyl sites for hydroxylation is 1. The molecule has 0 saturated carbocycles. The number of esters is 1. The normalized spacial score (nSPS) is 11.9. The Kier molecular flexibility index (Phi) is 5.30. The SMILES string of the molecule is CCOC(=O)C(CCc1ccccc1)c1nc(C(N)=O)c[nH]1. The molecule has 2 aromatic rings. The quantitative estimate of drug-likeness (QED) is 0.762.